The lowest BCUT2D eigenvalue weighted by Crippen LogP contribution is -2.35. The predicted molar refractivity (Wildman–Crippen MR) is 160 cm³/mol. The highest BCUT2D eigenvalue weighted by Crippen LogP contribution is 2.31. The SMILES string of the molecule is Cc1nn(-c2ccc(F)cc2)c2nc(Cc3ccccc3)nc(N3CCCN(C(=O)c4ccc(Cl)c(Cl)c4)CC3)c12. The van der Waals surface area contributed by atoms with E-state index in [9.17, 15) is 9.18 Å². The van der Waals surface area contributed by atoms with Gasteiger partial charge < -0.3 is 9.80 Å². The number of fused-ring (bicyclic) bond motifs is 1. The van der Waals surface area contributed by atoms with E-state index >= 15 is 0 Å². The van der Waals surface area contributed by atoms with Crippen LogP contribution in [0.1, 0.15) is 33.9 Å². The van der Waals surface area contributed by atoms with Crippen molar-refractivity contribution in [2.45, 2.75) is 19.8 Å². The topological polar surface area (TPSA) is 67.2 Å². The summed E-state index contributed by atoms with van der Waals surface area (Å²) in [7, 11) is 0. The summed E-state index contributed by atoms with van der Waals surface area (Å²) in [5.74, 6) is 1.06. The number of hydrogen-bond acceptors (Lipinski definition) is 5. The first-order valence-electron chi connectivity index (χ1n) is 13.4. The minimum atomic E-state index is -0.313. The third-order valence-corrected chi connectivity index (χ3v) is 7.99. The van der Waals surface area contributed by atoms with Gasteiger partial charge in [-0.05, 0) is 61.4 Å². The molecule has 0 spiro atoms. The molecule has 0 aliphatic carbocycles. The number of anilines is 1. The Kier molecular flexibility index (Phi) is 7.60. The fraction of sp³-hybridized carbons (Fsp3) is 0.226. The quantitative estimate of drug-likeness (QED) is 0.234. The first-order valence-corrected chi connectivity index (χ1v) is 14.2. The molecule has 41 heavy (non-hydrogen) atoms. The Labute approximate surface area is 247 Å². The van der Waals surface area contributed by atoms with E-state index in [1.165, 1.54) is 12.1 Å². The number of hydrogen-bond donors (Lipinski definition) is 0. The van der Waals surface area contributed by atoms with E-state index in [0.29, 0.717) is 65.4 Å². The number of rotatable bonds is 5. The van der Waals surface area contributed by atoms with Gasteiger partial charge >= 0.3 is 0 Å². The number of halogens is 3. The average molecular weight is 590 g/mol. The van der Waals surface area contributed by atoms with Crippen molar-refractivity contribution in [3.05, 3.63) is 111 Å². The van der Waals surface area contributed by atoms with Crippen molar-refractivity contribution in [1.29, 1.82) is 0 Å². The lowest BCUT2D eigenvalue weighted by Gasteiger charge is -2.24. The Balaban J connectivity index is 1.37. The molecule has 3 heterocycles. The normalized spacial score (nSPS) is 14.0. The zero-order chi connectivity index (χ0) is 28.5. The number of amides is 1. The van der Waals surface area contributed by atoms with E-state index in [1.807, 2.05) is 42.2 Å². The predicted octanol–water partition coefficient (Wildman–Crippen LogP) is 6.51. The molecule has 1 aliphatic rings. The van der Waals surface area contributed by atoms with Gasteiger partial charge in [0, 0.05) is 38.2 Å². The summed E-state index contributed by atoms with van der Waals surface area (Å²) in [5, 5.41) is 6.41. The molecule has 7 nitrogen and oxygen atoms in total. The van der Waals surface area contributed by atoms with Gasteiger partial charge in [-0.2, -0.15) is 5.10 Å². The van der Waals surface area contributed by atoms with Crippen LogP contribution >= 0.6 is 23.2 Å². The number of carbonyl (C=O) groups is 1. The highest BCUT2D eigenvalue weighted by molar-refractivity contribution is 6.42. The molecular weight excluding hydrogens is 562 g/mol. The second-order valence-corrected chi connectivity index (χ2v) is 10.9. The highest BCUT2D eigenvalue weighted by Gasteiger charge is 2.26. The summed E-state index contributed by atoms with van der Waals surface area (Å²) < 4.78 is 15.5. The van der Waals surface area contributed by atoms with Crippen LogP contribution in [0, 0.1) is 12.7 Å². The van der Waals surface area contributed by atoms with Crippen LogP contribution in [0.25, 0.3) is 16.7 Å². The zero-order valence-corrected chi connectivity index (χ0v) is 23.9. The maximum atomic E-state index is 13.7. The molecule has 0 saturated carbocycles. The van der Waals surface area contributed by atoms with E-state index in [1.54, 1.807) is 35.0 Å². The first kappa shape index (κ1) is 27.2. The Morgan fingerprint density at radius 1 is 0.902 bits per heavy atom. The van der Waals surface area contributed by atoms with E-state index in [2.05, 4.69) is 4.90 Å². The van der Waals surface area contributed by atoms with Crippen LogP contribution < -0.4 is 4.90 Å². The summed E-state index contributed by atoms with van der Waals surface area (Å²) in [6.45, 7) is 4.36. The molecule has 3 aromatic carbocycles. The maximum absolute atomic E-state index is 13.7. The third kappa shape index (κ3) is 5.62. The summed E-state index contributed by atoms with van der Waals surface area (Å²) in [6.07, 6.45) is 1.31. The van der Waals surface area contributed by atoms with Gasteiger partial charge in [0.05, 0.1) is 26.8 Å². The highest BCUT2D eigenvalue weighted by atomic mass is 35.5. The van der Waals surface area contributed by atoms with Crippen molar-refractivity contribution in [3.8, 4) is 5.69 Å². The molecule has 1 aliphatic heterocycles. The maximum Gasteiger partial charge on any atom is 0.253 e. The Bertz CT molecular complexity index is 1720. The monoisotopic (exact) mass is 588 g/mol. The fourth-order valence-corrected chi connectivity index (χ4v) is 5.50. The molecule has 10 heteroatoms. The molecule has 5 aromatic rings. The Morgan fingerprint density at radius 2 is 1.68 bits per heavy atom. The molecule has 0 atom stereocenters. The number of carbonyl (C=O) groups excluding carboxylic acids is 1. The summed E-state index contributed by atoms with van der Waals surface area (Å²) in [4.78, 5) is 27.4. The van der Waals surface area contributed by atoms with Crippen molar-refractivity contribution in [2.75, 3.05) is 31.1 Å². The van der Waals surface area contributed by atoms with Crippen LogP contribution in [0.5, 0.6) is 0 Å². The van der Waals surface area contributed by atoms with Crippen LogP contribution in [-0.4, -0.2) is 56.7 Å². The zero-order valence-electron chi connectivity index (χ0n) is 22.4. The molecule has 1 fully saturated rings. The molecule has 0 unspecified atom stereocenters. The summed E-state index contributed by atoms with van der Waals surface area (Å²) in [5.41, 5.74) is 3.76. The fourth-order valence-electron chi connectivity index (χ4n) is 5.20. The first-order chi connectivity index (χ1) is 19.9. The van der Waals surface area contributed by atoms with Gasteiger partial charge in [-0.15, -0.1) is 0 Å². The number of aromatic nitrogens is 4. The van der Waals surface area contributed by atoms with Crippen molar-refractivity contribution >= 4 is 46.0 Å². The lowest BCUT2D eigenvalue weighted by atomic mass is 10.1. The van der Waals surface area contributed by atoms with Gasteiger partial charge in [0.25, 0.3) is 5.91 Å². The van der Waals surface area contributed by atoms with Crippen molar-refractivity contribution < 1.29 is 9.18 Å². The molecule has 6 rings (SSSR count). The molecule has 2 aromatic heterocycles. The standard InChI is InChI=1S/C31H27Cl2FN6O/c1-20-28-29(38-14-5-15-39(17-16-38)31(41)22-8-13-25(32)26(33)19-22)35-27(18-21-6-3-2-4-7-21)36-30(28)40(37-20)24-11-9-23(34)10-12-24/h2-4,6-13,19H,5,14-18H2,1H3. The van der Waals surface area contributed by atoms with Gasteiger partial charge in [0.1, 0.15) is 17.5 Å². The molecule has 208 valence electrons. The van der Waals surface area contributed by atoms with Crippen LogP contribution in [-0.2, 0) is 6.42 Å². The van der Waals surface area contributed by atoms with E-state index in [4.69, 9.17) is 38.3 Å². The van der Waals surface area contributed by atoms with E-state index < -0.39 is 0 Å². The van der Waals surface area contributed by atoms with E-state index in [-0.39, 0.29) is 11.7 Å². The molecule has 0 N–H and O–H groups in total. The van der Waals surface area contributed by atoms with Gasteiger partial charge in [-0.3, -0.25) is 4.79 Å². The van der Waals surface area contributed by atoms with Gasteiger partial charge in [0.15, 0.2) is 5.65 Å². The van der Waals surface area contributed by atoms with Crippen LogP contribution in [0.2, 0.25) is 10.0 Å². The minimum Gasteiger partial charge on any atom is -0.354 e. The molecular formula is C31H27Cl2FN6O. The molecule has 0 radical (unpaired) electrons. The van der Waals surface area contributed by atoms with Crippen molar-refractivity contribution in [2.24, 2.45) is 0 Å². The largest absolute Gasteiger partial charge is 0.354 e. The Hall–Kier alpha value is -4.01. The van der Waals surface area contributed by atoms with Crippen LogP contribution in [0.3, 0.4) is 0 Å². The average Bonchev–Trinajstić information content (AvgIpc) is 3.14. The smallest absolute Gasteiger partial charge is 0.253 e. The van der Waals surface area contributed by atoms with Gasteiger partial charge in [-0.1, -0.05) is 53.5 Å². The van der Waals surface area contributed by atoms with Crippen molar-refractivity contribution in [3.63, 3.8) is 0 Å². The van der Waals surface area contributed by atoms with Crippen LogP contribution in [0.4, 0.5) is 10.2 Å². The number of benzene rings is 3. The summed E-state index contributed by atoms with van der Waals surface area (Å²) >= 11 is 12.2. The number of aryl methyl sites for hydroxylation is 1. The number of nitrogens with zero attached hydrogens (tertiary/aromatic N) is 6. The third-order valence-electron chi connectivity index (χ3n) is 7.26. The van der Waals surface area contributed by atoms with Crippen LogP contribution in [0.15, 0.2) is 72.8 Å². The van der Waals surface area contributed by atoms with Gasteiger partial charge in [0.2, 0.25) is 0 Å². The van der Waals surface area contributed by atoms with Gasteiger partial charge in [-0.25, -0.2) is 19.0 Å². The second kappa shape index (κ2) is 11.5. The Morgan fingerprint density at radius 3 is 2.44 bits per heavy atom. The molecule has 0 bridgehead atoms. The van der Waals surface area contributed by atoms with Crippen molar-refractivity contribution in [1.82, 2.24) is 24.6 Å². The molecule has 1 amide bonds. The van der Waals surface area contributed by atoms with E-state index in [0.717, 1.165) is 28.9 Å². The molecule has 1 saturated heterocycles. The lowest BCUT2D eigenvalue weighted by molar-refractivity contribution is 0.0767. The second-order valence-electron chi connectivity index (χ2n) is 10.1. The minimum absolute atomic E-state index is 0.0803. The summed E-state index contributed by atoms with van der Waals surface area (Å²) in [6, 6.07) is 21.3.